The lowest BCUT2D eigenvalue weighted by molar-refractivity contribution is 0.200. The number of aliphatic hydroxyl groups is 1. The summed E-state index contributed by atoms with van der Waals surface area (Å²) in [5, 5.41) is 8.91. The average molecular weight is 257 g/mol. The fourth-order valence-electron chi connectivity index (χ4n) is 1.72. The van der Waals surface area contributed by atoms with Crippen molar-refractivity contribution in [2.45, 2.75) is 6.92 Å². The molecule has 3 nitrogen and oxygen atoms in total. The third-order valence-corrected chi connectivity index (χ3v) is 2.97. The Morgan fingerprint density at radius 1 is 1.64 bits per heavy atom. The van der Waals surface area contributed by atoms with E-state index in [2.05, 4.69) is 38.8 Å². The normalized spacial score (nSPS) is 16.9. The fourth-order valence-corrected chi connectivity index (χ4v) is 2.17. The van der Waals surface area contributed by atoms with Crippen LogP contribution in [0.5, 0.6) is 0 Å². The van der Waals surface area contributed by atoms with Crippen LogP contribution in [-0.2, 0) is 0 Å². The molecule has 0 bridgehead atoms. The van der Waals surface area contributed by atoms with Crippen molar-refractivity contribution < 1.29 is 5.11 Å². The molecule has 0 saturated carbocycles. The van der Waals surface area contributed by atoms with Gasteiger partial charge in [0.2, 0.25) is 0 Å². The summed E-state index contributed by atoms with van der Waals surface area (Å²) in [5.41, 5.74) is 1.18. The number of hydrogen-bond donors (Lipinski definition) is 1. The van der Waals surface area contributed by atoms with Gasteiger partial charge in [0, 0.05) is 36.3 Å². The van der Waals surface area contributed by atoms with E-state index >= 15 is 0 Å². The number of halogens is 1. The predicted molar refractivity (Wildman–Crippen MR) is 59.5 cm³/mol. The van der Waals surface area contributed by atoms with E-state index in [0.29, 0.717) is 5.92 Å². The van der Waals surface area contributed by atoms with Gasteiger partial charge in [-0.25, -0.2) is 4.98 Å². The van der Waals surface area contributed by atoms with Crippen molar-refractivity contribution in [3.05, 3.63) is 22.3 Å². The zero-order chi connectivity index (χ0) is 10.1. The van der Waals surface area contributed by atoms with Crippen molar-refractivity contribution in [3.63, 3.8) is 0 Å². The van der Waals surface area contributed by atoms with Crippen molar-refractivity contribution in [2.24, 2.45) is 5.92 Å². The summed E-state index contributed by atoms with van der Waals surface area (Å²) < 4.78 is 1.01. The van der Waals surface area contributed by atoms with Gasteiger partial charge in [0.05, 0.1) is 0 Å². The third kappa shape index (κ3) is 1.77. The molecule has 0 unspecified atom stereocenters. The van der Waals surface area contributed by atoms with Crippen molar-refractivity contribution in [1.29, 1.82) is 0 Å². The second kappa shape index (κ2) is 3.87. The van der Waals surface area contributed by atoms with Crippen LogP contribution in [-0.4, -0.2) is 29.8 Å². The predicted octanol–water partition coefficient (Wildman–Crippen LogP) is 1.58. The molecule has 2 heterocycles. The van der Waals surface area contributed by atoms with Crippen molar-refractivity contribution in [2.75, 3.05) is 24.6 Å². The zero-order valence-corrected chi connectivity index (χ0v) is 9.66. The van der Waals surface area contributed by atoms with E-state index in [1.807, 2.05) is 6.20 Å². The molecule has 1 fully saturated rings. The van der Waals surface area contributed by atoms with Gasteiger partial charge in [-0.05, 0) is 34.5 Å². The monoisotopic (exact) mass is 256 g/mol. The van der Waals surface area contributed by atoms with Crippen LogP contribution in [0.4, 0.5) is 5.82 Å². The molecule has 2 rings (SSSR count). The Balaban J connectivity index is 2.11. The standard InChI is InChI=1S/C10H13BrN2O/c1-7-2-9(11)3-12-10(7)13-4-8(5-13)6-14/h2-3,8,14H,4-6H2,1H3. The fraction of sp³-hybridized carbons (Fsp3) is 0.500. The maximum Gasteiger partial charge on any atom is 0.131 e. The maximum atomic E-state index is 8.91. The van der Waals surface area contributed by atoms with Crippen LogP contribution >= 0.6 is 15.9 Å². The summed E-state index contributed by atoms with van der Waals surface area (Å²) in [6.45, 7) is 4.18. The number of hydrogen-bond acceptors (Lipinski definition) is 3. The van der Waals surface area contributed by atoms with Crippen molar-refractivity contribution >= 4 is 21.7 Å². The number of nitrogens with zero attached hydrogens (tertiary/aromatic N) is 2. The maximum absolute atomic E-state index is 8.91. The molecule has 14 heavy (non-hydrogen) atoms. The van der Waals surface area contributed by atoms with Gasteiger partial charge in [0.1, 0.15) is 5.82 Å². The van der Waals surface area contributed by atoms with E-state index in [-0.39, 0.29) is 6.61 Å². The van der Waals surface area contributed by atoms with Crippen LogP contribution in [0, 0.1) is 12.8 Å². The number of pyridine rings is 1. The molecule has 1 aliphatic heterocycles. The lowest BCUT2D eigenvalue weighted by atomic mass is 10.0. The molecule has 1 N–H and O–H groups in total. The second-order valence-corrected chi connectivity index (χ2v) is 4.66. The van der Waals surface area contributed by atoms with E-state index in [1.54, 1.807) is 0 Å². The minimum Gasteiger partial charge on any atom is -0.396 e. The van der Waals surface area contributed by atoms with E-state index < -0.39 is 0 Å². The Bertz CT molecular complexity index is 337. The molecule has 1 aromatic heterocycles. The summed E-state index contributed by atoms with van der Waals surface area (Å²) in [4.78, 5) is 6.56. The van der Waals surface area contributed by atoms with Gasteiger partial charge in [-0.1, -0.05) is 0 Å². The first kappa shape index (κ1) is 9.93. The highest BCUT2D eigenvalue weighted by Crippen LogP contribution is 2.26. The van der Waals surface area contributed by atoms with Crippen LogP contribution in [0.15, 0.2) is 16.7 Å². The van der Waals surface area contributed by atoms with E-state index in [0.717, 1.165) is 23.4 Å². The summed E-state index contributed by atoms with van der Waals surface area (Å²) >= 11 is 3.39. The smallest absolute Gasteiger partial charge is 0.131 e. The lowest BCUT2D eigenvalue weighted by Gasteiger charge is -2.39. The number of rotatable bonds is 2. The molecular weight excluding hydrogens is 244 g/mol. The van der Waals surface area contributed by atoms with Crippen molar-refractivity contribution in [3.8, 4) is 0 Å². The van der Waals surface area contributed by atoms with Gasteiger partial charge in [0.15, 0.2) is 0 Å². The van der Waals surface area contributed by atoms with Crippen molar-refractivity contribution in [1.82, 2.24) is 4.98 Å². The summed E-state index contributed by atoms with van der Waals surface area (Å²) in [6, 6.07) is 2.06. The zero-order valence-electron chi connectivity index (χ0n) is 8.07. The van der Waals surface area contributed by atoms with Gasteiger partial charge in [-0.15, -0.1) is 0 Å². The molecular formula is C10H13BrN2O. The number of aliphatic hydroxyl groups excluding tert-OH is 1. The van der Waals surface area contributed by atoms with E-state index in [4.69, 9.17) is 5.11 Å². The summed E-state index contributed by atoms with van der Waals surface area (Å²) in [6.07, 6.45) is 1.81. The average Bonchev–Trinajstić information content (AvgIpc) is 2.06. The molecule has 0 aromatic carbocycles. The topological polar surface area (TPSA) is 36.4 Å². The highest BCUT2D eigenvalue weighted by Gasteiger charge is 2.27. The number of aryl methyl sites for hydroxylation is 1. The lowest BCUT2D eigenvalue weighted by Crippen LogP contribution is -2.49. The molecule has 0 spiro atoms. The molecule has 1 aromatic rings. The van der Waals surface area contributed by atoms with Crippen LogP contribution in [0.2, 0.25) is 0 Å². The minimum atomic E-state index is 0.284. The summed E-state index contributed by atoms with van der Waals surface area (Å²) in [7, 11) is 0. The van der Waals surface area contributed by atoms with E-state index in [1.165, 1.54) is 5.56 Å². The Morgan fingerprint density at radius 3 is 2.93 bits per heavy atom. The van der Waals surface area contributed by atoms with E-state index in [9.17, 15) is 0 Å². The first-order valence-corrected chi connectivity index (χ1v) is 5.48. The van der Waals surface area contributed by atoms with Gasteiger partial charge in [0.25, 0.3) is 0 Å². The molecule has 0 atom stereocenters. The van der Waals surface area contributed by atoms with Crippen LogP contribution < -0.4 is 4.90 Å². The number of aromatic nitrogens is 1. The molecule has 76 valence electrons. The summed E-state index contributed by atoms with van der Waals surface area (Å²) in [5.74, 6) is 1.47. The largest absolute Gasteiger partial charge is 0.396 e. The molecule has 0 radical (unpaired) electrons. The van der Waals surface area contributed by atoms with Gasteiger partial charge < -0.3 is 10.0 Å². The molecule has 1 aliphatic rings. The van der Waals surface area contributed by atoms with Crippen LogP contribution in [0.25, 0.3) is 0 Å². The first-order chi connectivity index (χ1) is 6.70. The SMILES string of the molecule is Cc1cc(Br)cnc1N1CC(CO)C1. The van der Waals surface area contributed by atoms with Gasteiger partial charge >= 0.3 is 0 Å². The van der Waals surface area contributed by atoms with Crippen LogP contribution in [0.1, 0.15) is 5.56 Å². The second-order valence-electron chi connectivity index (χ2n) is 3.75. The Kier molecular flexibility index (Phi) is 2.74. The Morgan fingerprint density at radius 2 is 2.36 bits per heavy atom. The molecule has 0 aliphatic carbocycles. The molecule has 4 heteroatoms. The quantitative estimate of drug-likeness (QED) is 0.873. The Labute approximate surface area is 91.9 Å². The minimum absolute atomic E-state index is 0.284. The van der Waals surface area contributed by atoms with Crippen LogP contribution in [0.3, 0.4) is 0 Å². The third-order valence-electron chi connectivity index (χ3n) is 2.53. The number of anilines is 1. The van der Waals surface area contributed by atoms with Gasteiger partial charge in [-0.2, -0.15) is 0 Å². The molecule has 0 amide bonds. The highest BCUT2D eigenvalue weighted by molar-refractivity contribution is 9.10. The Hall–Kier alpha value is -0.610. The van der Waals surface area contributed by atoms with Gasteiger partial charge in [-0.3, -0.25) is 0 Å². The molecule has 1 saturated heterocycles. The first-order valence-electron chi connectivity index (χ1n) is 4.68. The highest BCUT2D eigenvalue weighted by atomic mass is 79.9.